The summed E-state index contributed by atoms with van der Waals surface area (Å²) in [6, 6.07) is 13.0. The molecular formula is C28H33FN2O2. The summed E-state index contributed by atoms with van der Waals surface area (Å²) in [6.07, 6.45) is 9.71. The summed E-state index contributed by atoms with van der Waals surface area (Å²) in [5, 5.41) is 3.19. The molecule has 2 aromatic carbocycles. The Hall–Kier alpha value is -3.08. The first-order valence-corrected chi connectivity index (χ1v) is 11.9. The number of aryl methyl sites for hydroxylation is 2. The summed E-state index contributed by atoms with van der Waals surface area (Å²) in [6.45, 7) is 5.77. The van der Waals surface area contributed by atoms with Crippen LogP contribution < -0.4 is 5.32 Å². The van der Waals surface area contributed by atoms with Gasteiger partial charge >= 0.3 is 0 Å². The van der Waals surface area contributed by atoms with Crippen LogP contribution in [0.1, 0.15) is 60.9 Å². The summed E-state index contributed by atoms with van der Waals surface area (Å²) in [7, 11) is 0. The predicted octanol–water partition coefficient (Wildman–Crippen LogP) is 5.42. The van der Waals surface area contributed by atoms with Gasteiger partial charge in [-0.05, 0) is 72.6 Å². The largest absolute Gasteiger partial charge is 0.477 e. The molecule has 2 aromatic rings. The number of nitrogens with one attached hydrogen (secondary N) is 1. The van der Waals surface area contributed by atoms with Crippen molar-refractivity contribution in [2.75, 3.05) is 19.7 Å². The Labute approximate surface area is 196 Å². The Morgan fingerprint density at radius 3 is 2.61 bits per heavy atom. The first-order chi connectivity index (χ1) is 16.0. The van der Waals surface area contributed by atoms with Gasteiger partial charge in [0.15, 0.2) is 5.88 Å². The lowest BCUT2D eigenvalue weighted by atomic mass is 9.96. The number of carbonyl (C=O) groups excluding carboxylic acids is 1. The van der Waals surface area contributed by atoms with Crippen LogP contribution in [0.15, 0.2) is 66.6 Å². The normalized spacial score (nSPS) is 16.4. The molecule has 0 fully saturated rings. The molecule has 0 aromatic heterocycles. The van der Waals surface area contributed by atoms with E-state index in [9.17, 15) is 9.18 Å². The second kappa shape index (κ2) is 10.7. The maximum absolute atomic E-state index is 13.5. The Morgan fingerprint density at radius 1 is 1.09 bits per heavy atom. The Kier molecular flexibility index (Phi) is 7.48. The summed E-state index contributed by atoms with van der Waals surface area (Å²) >= 11 is 0. The molecule has 174 valence electrons. The number of carbonyl (C=O) groups is 1. The van der Waals surface area contributed by atoms with E-state index in [1.165, 1.54) is 29.7 Å². The minimum atomic E-state index is -0.262. The van der Waals surface area contributed by atoms with Crippen molar-refractivity contribution in [3.8, 4) is 0 Å². The number of hydrogen-bond donors (Lipinski definition) is 1. The van der Waals surface area contributed by atoms with Gasteiger partial charge in [-0.3, -0.25) is 4.79 Å². The maximum Gasteiger partial charge on any atom is 0.223 e. The maximum atomic E-state index is 13.5. The van der Waals surface area contributed by atoms with Gasteiger partial charge in [-0.25, -0.2) is 4.39 Å². The van der Waals surface area contributed by atoms with Crippen LogP contribution in [0.4, 0.5) is 4.39 Å². The quantitative estimate of drug-likeness (QED) is 0.557. The molecule has 4 nitrogen and oxygen atoms in total. The molecule has 2 atom stereocenters. The van der Waals surface area contributed by atoms with Gasteiger partial charge in [0, 0.05) is 13.0 Å². The standard InChI is InChI=1S/C28H33FN2O2/c1-20(22-11-13-26(29)14-12-22)18-28(32)31(16-17-33-27-8-3-4-15-30-27)21(2)24-10-9-23-6-5-7-25(23)19-24/h3-4,8-14,19-21,30H,5-7,15-18H2,1-2H3. The lowest BCUT2D eigenvalue weighted by Gasteiger charge is -2.31. The lowest BCUT2D eigenvalue weighted by Crippen LogP contribution is -2.37. The van der Waals surface area contributed by atoms with Crippen LogP contribution in [0.2, 0.25) is 0 Å². The van der Waals surface area contributed by atoms with Gasteiger partial charge in [-0.1, -0.05) is 49.4 Å². The zero-order valence-corrected chi connectivity index (χ0v) is 19.5. The van der Waals surface area contributed by atoms with E-state index in [4.69, 9.17) is 4.74 Å². The van der Waals surface area contributed by atoms with Crippen molar-refractivity contribution in [3.05, 3.63) is 94.6 Å². The topological polar surface area (TPSA) is 41.6 Å². The molecule has 0 radical (unpaired) electrons. The highest BCUT2D eigenvalue weighted by molar-refractivity contribution is 5.77. The molecular weight excluding hydrogens is 415 g/mol. The molecule has 0 saturated carbocycles. The molecule has 4 rings (SSSR count). The van der Waals surface area contributed by atoms with Gasteiger partial charge in [-0.2, -0.15) is 0 Å². The number of hydrogen-bond acceptors (Lipinski definition) is 3. The van der Waals surface area contributed by atoms with Crippen molar-refractivity contribution in [2.24, 2.45) is 0 Å². The zero-order chi connectivity index (χ0) is 23.2. The molecule has 2 aliphatic rings. The fraction of sp³-hybridized carbons (Fsp3) is 0.393. The molecule has 2 unspecified atom stereocenters. The van der Waals surface area contributed by atoms with E-state index in [-0.39, 0.29) is 23.7 Å². The number of amides is 1. The molecule has 33 heavy (non-hydrogen) atoms. The fourth-order valence-electron chi connectivity index (χ4n) is 4.65. The molecule has 1 amide bonds. The number of halogens is 1. The second-order valence-electron chi connectivity index (χ2n) is 8.99. The van der Waals surface area contributed by atoms with Gasteiger partial charge < -0.3 is 15.0 Å². The average Bonchev–Trinajstić information content (AvgIpc) is 3.30. The minimum absolute atomic E-state index is 0.00148. The van der Waals surface area contributed by atoms with Crippen LogP contribution in [-0.2, 0) is 22.4 Å². The summed E-state index contributed by atoms with van der Waals surface area (Å²) < 4.78 is 19.2. The van der Waals surface area contributed by atoms with Gasteiger partial charge in [0.2, 0.25) is 5.91 Å². The predicted molar refractivity (Wildman–Crippen MR) is 129 cm³/mol. The number of nitrogens with zero attached hydrogens (tertiary/aromatic N) is 1. The third-order valence-electron chi connectivity index (χ3n) is 6.68. The molecule has 1 aliphatic carbocycles. The van der Waals surface area contributed by atoms with Gasteiger partial charge in [0.1, 0.15) is 12.4 Å². The second-order valence-corrected chi connectivity index (χ2v) is 8.99. The molecule has 0 saturated heterocycles. The molecule has 1 N–H and O–H groups in total. The van der Waals surface area contributed by atoms with E-state index in [0.29, 0.717) is 19.6 Å². The first kappa shape index (κ1) is 23.1. The highest BCUT2D eigenvalue weighted by Gasteiger charge is 2.25. The van der Waals surface area contributed by atoms with Gasteiger partial charge in [0.05, 0.1) is 12.6 Å². The Balaban J connectivity index is 1.48. The van der Waals surface area contributed by atoms with Crippen molar-refractivity contribution in [2.45, 2.75) is 51.5 Å². The van der Waals surface area contributed by atoms with E-state index >= 15 is 0 Å². The SMILES string of the molecule is CC(CC(=O)N(CCOC1=CC=CCN1)C(C)c1ccc2c(c1)CCC2)c1ccc(F)cc1. The van der Waals surface area contributed by atoms with Crippen molar-refractivity contribution in [1.82, 2.24) is 10.2 Å². The zero-order valence-electron chi connectivity index (χ0n) is 19.5. The number of allylic oxidation sites excluding steroid dienone is 2. The van der Waals surface area contributed by atoms with Crippen LogP contribution >= 0.6 is 0 Å². The van der Waals surface area contributed by atoms with Crippen LogP contribution in [0.5, 0.6) is 0 Å². The molecule has 0 spiro atoms. The average molecular weight is 449 g/mol. The highest BCUT2D eigenvalue weighted by Crippen LogP contribution is 2.29. The molecule has 1 aliphatic heterocycles. The summed E-state index contributed by atoms with van der Waals surface area (Å²) in [5.74, 6) is 0.548. The molecule has 1 heterocycles. The Morgan fingerprint density at radius 2 is 1.85 bits per heavy atom. The van der Waals surface area contributed by atoms with Crippen LogP contribution in [0, 0.1) is 5.82 Å². The smallest absolute Gasteiger partial charge is 0.223 e. The van der Waals surface area contributed by atoms with E-state index < -0.39 is 0 Å². The van der Waals surface area contributed by atoms with E-state index in [1.807, 2.05) is 30.1 Å². The van der Waals surface area contributed by atoms with Crippen LogP contribution in [0.3, 0.4) is 0 Å². The summed E-state index contributed by atoms with van der Waals surface area (Å²) in [4.78, 5) is 15.4. The van der Waals surface area contributed by atoms with E-state index in [2.05, 4.69) is 30.4 Å². The third-order valence-corrected chi connectivity index (χ3v) is 6.68. The van der Waals surface area contributed by atoms with E-state index in [1.54, 1.807) is 12.1 Å². The fourth-order valence-corrected chi connectivity index (χ4v) is 4.65. The molecule has 0 bridgehead atoms. The lowest BCUT2D eigenvalue weighted by molar-refractivity contribution is -0.134. The number of ether oxygens (including phenoxy) is 1. The van der Waals surface area contributed by atoms with Crippen molar-refractivity contribution in [1.29, 1.82) is 0 Å². The van der Waals surface area contributed by atoms with Crippen molar-refractivity contribution >= 4 is 5.91 Å². The van der Waals surface area contributed by atoms with Crippen molar-refractivity contribution < 1.29 is 13.9 Å². The number of rotatable bonds is 9. The highest BCUT2D eigenvalue weighted by atomic mass is 19.1. The van der Waals surface area contributed by atoms with Crippen molar-refractivity contribution in [3.63, 3.8) is 0 Å². The van der Waals surface area contributed by atoms with Gasteiger partial charge in [-0.15, -0.1) is 0 Å². The first-order valence-electron chi connectivity index (χ1n) is 11.9. The van der Waals surface area contributed by atoms with Gasteiger partial charge in [0.25, 0.3) is 0 Å². The number of benzene rings is 2. The summed E-state index contributed by atoms with van der Waals surface area (Å²) in [5.41, 5.74) is 4.97. The number of dihydropyridines is 1. The van der Waals surface area contributed by atoms with Crippen LogP contribution in [-0.4, -0.2) is 30.5 Å². The Bertz CT molecular complexity index is 1030. The number of fused-ring (bicyclic) bond motifs is 1. The van der Waals surface area contributed by atoms with E-state index in [0.717, 1.165) is 36.4 Å². The molecule has 5 heteroatoms. The third kappa shape index (κ3) is 5.84. The monoisotopic (exact) mass is 448 g/mol. The van der Waals surface area contributed by atoms with Crippen LogP contribution in [0.25, 0.3) is 0 Å². The minimum Gasteiger partial charge on any atom is -0.477 e.